The van der Waals surface area contributed by atoms with Crippen molar-refractivity contribution < 1.29 is 14.6 Å². The van der Waals surface area contributed by atoms with Gasteiger partial charge in [-0.25, -0.2) is 4.79 Å². The molecule has 0 saturated carbocycles. The second-order valence-electron chi connectivity index (χ2n) is 8.70. The monoisotopic (exact) mass is 474 g/mol. The van der Waals surface area contributed by atoms with Crippen molar-refractivity contribution in [1.29, 1.82) is 0 Å². The van der Waals surface area contributed by atoms with Gasteiger partial charge in [0, 0.05) is 0 Å². The molecule has 3 heteroatoms. The smallest absolute Gasteiger partial charge is 0.336 e. The molecule has 4 rings (SSSR count). The molecule has 36 heavy (non-hydrogen) atoms. The van der Waals surface area contributed by atoms with E-state index in [-0.39, 0.29) is 12.2 Å². The highest BCUT2D eigenvalue weighted by Crippen LogP contribution is 2.20. The zero-order chi connectivity index (χ0) is 25.2. The van der Waals surface area contributed by atoms with Crippen LogP contribution in [0.15, 0.2) is 121 Å². The first-order valence-electron chi connectivity index (χ1n) is 12.1. The Bertz CT molecular complexity index is 1290. The maximum atomic E-state index is 12.3. The van der Waals surface area contributed by atoms with Crippen molar-refractivity contribution in [3.8, 4) is 11.1 Å². The zero-order valence-corrected chi connectivity index (χ0v) is 20.2. The van der Waals surface area contributed by atoms with Crippen LogP contribution in [0.1, 0.15) is 28.7 Å². The lowest BCUT2D eigenvalue weighted by atomic mass is 10.0. The number of carbonyl (C=O) groups excluding carboxylic acids is 1. The Hall–Kier alpha value is -4.21. The van der Waals surface area contributed by atoms with Gasteiger partial charge in [0.25, 0.3) is 0 Å². The second kappa shape index (κ2) is 12.5. The second-order valence-corrected chi connectivity index (χ2v) is 8.70. The summed E-state index contributed by atoms with van der Waals surface area (Å²) in [6.07, 6.45) is 4.30. The highest BCUT2D eigenvalue weighted by atomic mass is 16.5. The predicted molar refractivity (Wildman–Crippen MR) is 147 cm³/mol. The lowest BCUT2D eigenvalue weighted by molar-refractivity contribution is -0.141. The van der Waals surface area contributed by atoms with Crippen LogP contribution in [0.4, 0.5) is 0 Å². The summed E-state index contributed by atoms with van der Waals surface area (Å²) in [7, 11) is 0. The summed E-state index contributed by atoms with van der Waals surface area (Å²) in [6.45, 7) is 3.87. The summed E-state index contributed by atoms with van der Waals surface area (Å²) in [5, 5.41) is 10.3. The number of carbonyl (C=O) groups is 1. The minimum Gasteiger partial charge on any atom is -0.457 e. The summed E-state index contributed by atoms with van der Waals surface area (Å²) in [6, 6.07) is 36.5. The Morgan fingerprint density at radius 1 is 0.722 bits per heavy atom. The van der Waals surface area contributed by atoms with Crippen molar-refractivity contribution >= 4 is 18.1 Å². The van der Waals surface area contributed by atoms with Crippen LogP contribution >= 0.6 is 0 Å². The van der Waals surface area contributed by atoms with E-state index in [9.17, 15) is 9.90 Å². The Morgan fingerprint density at radius 3 is 1.86 bits per heavy atom. The average molecular weight is 475 g/mol. The number of aliphatic hydroxyl groups is 1. The molecule has 4 aromatic rings. The van der Waals surface area contributed by atoms with E-state index in [2.05, 4.69) is 55.1 Å². The molecule has 1 N–H and O–H groups in total. The van der Waals surface area contributed by atoms with Crippen molar-refractivity contribution in [3.63, 3.8) is 0 Å². The van der Waals surface area contributed by atoms with E-state index in [1.165, 1.54) is 11.1 Å². The molecule has 1 unspecified atom stereocenters. The van der Waals surface area contributed by atoms with Crippen LogP contribution in [0, 0.1) is 0 Å². The highest BCUT2D eigenvalue weighted by Gasteiger charge is 2.18. The summed E-state index contributed by atoms with van der Waals surface area (Å²) in [5.41, 5.74) is 6.64. The number of aliphatic hydroxyl groups excluding tert-OH is 1. The van der Waals surface area contributed by atoms with E-state index < -0.39 is 12.1 Å². The number of hydrogen-bond donors (Lipinski definition) is 1. The molecule has 0 saturated heterocycles. The lowest BCUT2D eigenvalue weighted by Gasteiger charge is -2.13. The van der Waals surface area contributed by atoms with Gasteiger partial charge in [-0.05, 0) is 46.2 Å². The molecule has 0 amide bonds. The summed E-state index contributed by atoms with van der Waals surface area (Å²) < 4.78 is 5.36. The van der Waals surface area contributed by atoms with Crippen molar-refractivity contribution in [2.45, 2.75) is 25.6 Å². The molecule has 0 aliphatic heterocycles. The van der Waals surface area contributed by atoms with Crippen LogP contribution in [0.2, 0.25) is 0 Å². The van der Waals surface area contributed by atoms with Crippen LogP contribution in [-0.2, 0) is 22.6 Å². The fourth-order valence-corrected chi connectivity index (χ4v) is 3.83. The van der Waals surface area contributed by atoms with Gasteiger partial charge in [-0.1, -0.05) is 128 Å². The van der Waals surface area contributed by atoms with Crippen molar-refractivity contribution in [2.75, 3.05) is 0 Å². The molecule has 4 aromatic carbocycles. The van der Waals surface area contributed by atoms with Gasteiger partial charge in [-0.3, -0.25) is 0 Å². The number of esters is 1. The molecule has 0 heterocycles. The largest absolute Gasteiger partial charge is 0.457 e. The normalized spacial score (nSPS) is 11.8. The van der Waals surface area contributed by atoms with Crippen LogP contribution < -0.4 is 0 Å². The van der Waals surface area contributed by atoms with Crippen LogP contribution in [0.3, 0.4) is 0 Å². The molecule has 0 aliphatic rings. The maximum Gasteiger partial charge on any atom is 0.336 e. The number of ether oxygens (including phenoxy) is 1. The van der Waals surface area contributed by atoms with Gasteiger partial charge < -0.3 is 9.84 Å². The number of aryl methyl sites for hydroxylation is 1. The van der Waals surface area contributed by atoms with E-state index in [4.69, 9.17) is 4.74 Å². The molecule has 0 aromatic heterocycles. The molecule has 0 radical (unpaired) electrons. The maximum absolute atomic E-state index is 12.3. The van der Waals surface area contributed by atoms with E-state index in [0.717, 1.165) is 22.3 Å². The first-order valence-corrected chi connectivity index (χ1v) is 12.1. The van der Waals surface area contributed by atoms with Gasteiger partial charge in [-0.2, -0.15) is 0 Å². The van der Waals surface area contributed by atoms with E-state index in [1.54, 1.807) is 0 Å². The number of rotatable bonds is 10. The first-order chi connectivity index (χ1) is 17.6. The van der Waals surface area contributed by atoms with Crippen molar-refractivity contribution in [3.05, 3.63) is 144 Å². The average Bonchev–Trinajstić information content (AvgIpc) is 2.95. The highest BCUT2D eigenvalue weighted by molar-refractivity contribution is 5.88. The van der Waals surface area contributed by atoms with E-state index >= 15 is 0 Å². The molecular formula is C33H30O3. The van der Waals surface area contributed by atoms with Crippen molar-refractivity contribution in [2.24, 2.45) is 0 Å². The Labute approximate surface area is 213 Å². The van der Waals surface area contributed by atoms with Gasteiger partial charge >= 0.3 is 5.97 Å². The van der Waals surface area contributed by atoms with Gasteiger partial charge in [0.2, 0.25) is 0 Å². The van der Waals surface area contributed by atoms with E-state index in [1.807, 2.05) is 72.8 Å². The molecule has 180 valence electrons. The third-order valence-electron chi connectivity index (χ3n) is 6.05. The van der Waals surface area contributed by atoms with Gasteiger partial charge in [0.05, 0.1) is 11.7 Å². The van der Waals surface area contributed by atoms with Crippen LogP contribution in [-0.4, -0.2) is 17.2 Å². The summed E-state index contributed by atoms with van der Waals surface area (Å²) in [5.74, 6) is -0.571. The molecule has 0 bridgehead atoms. The Morgan fingerprint density at radius 2 is 1.25 bits per heavy atom. The minimum absolute atomic E-state index is 0.0868. The third-order valence-corrected chi connectivity index (χ3v) is 6.05. The Kier molecular flexibility index (Phi) is 8.63. The standard InChI is InChI=1S/C33H30O3/c1-25(32(34)23-20-26-8-4-2-5-9-26)33(35)36-24-29-16-14-27(15-17-29)12-13-28-18-21-31(22-19-28)30-10-6-3-7-11-30/h2-19,21-22,32,34H,1,20,23-24H2/b13-12-. The summed E-state index contributed by atoms with van der Waals surface area (Å²) in [4.78, 5) is 12.3. The topological polar surface area (TPSA) is 46.5 Å². The molecule has 0 aliphatic carbocycles. The molecular weight excluding hydrogens is 444 g/mol. The molecule has 1 atom stereocenters. The van der Waals surface area contributed by atoms with Crippen LogP contribution in [0.5, 0.6) is 0 Å². The van der Waals surface area contributed by atoms with Gasteiger partial charge in [0.15, 0.2) is 0 Å². The SMILES string of the molecule is C=C(C(=O)OCc1ccc(/C=C\c2ccc(-c3ccccc3)cc2)cc1)C(O)CCc1ccccc1. The summed E-state index contributed by atoms with van der Waals surface area (Å²) >= 11 is 0. The first kappa shape index (κ1) is 24.9. The molecule has 0 spiro atoms. The van der Waals surface area contributed by atoms with Crippen molar-refractivity contribution in [1.82, 2.24) is 0 Å². The fraction of sp³-hybridized carbons (Fsp3) is 0.121. The Balaban J connectivity index is 1.24. The predicted octanol–water partition coefficient (Wildman–Crippen LogP) is 7.12. The van der Waals surface area contributed by atoms with E-state index in [0.29, 0.717) is 12.8 Å². The zero-order valence-electron chi connectivity index (χ0n) is 20.2. The number of benzene rings is 4. The third kappa shape index (κ3) is 7.14. The quantitative estimate of drug-likeness (QED) is 0.151. The lowest BCUT2D eigenvalue weighted by Crippen LogP contribution is -2.20. The number of hydrogen-bond acceptors (Lipinski definition) is 3. The molecule has 0 fully saturated rings. The molecule has 3 nitrogen and oxygen atoms in total. The van der Waals surface area contributed by atoms with Crippen LogP contribution in [0.25, 0.3) is 23.3 Å². The van der Waals surface area contributed by atoms with Gasteiger partial charge in [-0.15, -0.1) is 0 Å². The minimum atomic E-state index is -0.924. The van der Waals surface area contributed by atoms with Gasteiger partial charge in [0.1, 0.15) is 6.61 Å². The fourth-order valence-electron chi connectivity index (χ4n) is 3.83.